The molecule has 1 heterocycles. The number of carbonyl (C=O) groups is 1. The molecule has 1 amide bonds. The smallest absolute Gasteiger partial charge is 0.271 e. The van der Waals surface area contributed by atoms with E-state index in [0.717, 1.165) is 11.1 Å². The molecule has 23 heavy (non-hydrogen) atoms. The quantitative estimate of drug-likeness (QED) is 0.643. The molecule has 0 aromatic heterocycles. The van der Waals surface area contributed by atoms with Gasteiger partial charge in [0.1, 0.15) is 5.82 Å². The number of hydrogen-bond acceptors (Lipinski definition) is 3. The maximum Gasteiger partial charge on any atom is 0.271 e. The van der Waals surface area contributed by atoms with E-state index in [0.29, 0.717) is 25.1 Å². The van der Waals surface area contributed by atoms with E-state index in [1.165, 1.54) is 24.3 Å². The fraction of sp³-hybridized carbons (Fsp3) is 0.235. The van der Waals surface area contributed by atoms with Crippen molar-refractivity contribution in [1.82, 2.24) is 0 Å². The first-order valence-electron chi connectivity index (χ1n) is 7.37. The van der Waals surface area contributed by atoms with Gasteiger partial charge in [-0.2, -0.15) is 0 Å². The second kappa shape index (κ2) is 6.16. The van der Waals surface area contributed by atoms with Crippen molar-refractivity contribution in [3.05, 3.63) is 69.5 Å². The van der Waals surface area contributed by atoms with E-state index in [1.807, 2.05) is 0 Å². The number of nitro benzene ring substituents is 1. The highest BCUT2D eigenvalue weighted by Gasteiger charge is 2.26. The Labute approximate surface area is 132 Å². The number of benzene rings is 2. The van der Waals surface area contributed by atoms with Gasteiger partial charge in [-0.15, -0.1) is 0 Å². The first-order chi connectivity index (χ1) is 11.0. The zero-order valence-corrected chi connectivity index (χ0v) is 12.4. The van der Waals surface area contributed by atoms with Gasteiger partial charge in [0.25, 0.3) is 5.69 Å². The summed E-state index contributed by atoms with van der Waals surface area (Å²) in [5.74, 6) is -0.425. The topological polar surface area (TPSA) is 63.5 Å². The molecule has 5 nitrogen and oxygen atoms in total. The minimum absolute atomic E-state index is 0.0198. The lowest BCUT2D eigenvalue weighted by atomic mass is 10.1. The van der Waals surface area contributed by atoms with Crippen molar-refractivity contribution in [3.8, 4) is 0 Å². The maximum absolute atomic E-state index is 13.2. The molecule has 0 atom stereocenters. The molecule has 0 spiro atoms. The molecule has 6 heteroatoms. The lowest BCUT2D eigenvalue weighted by molar-refractivity contribution is -0.384. The number of aryl methyl sites for hydroxylation is 1. The number of hydrogen-bond donors (Lipinski definition) is 0. The number of nitro groups is 1. The van der Waals surface area contributed by atoms with Crippen LogP contribution in [0.5, 0.6) is 0 Å². The van der Waals surface area contributed by atoms with Crippen molar-refractivity contribution in [3.63, 3.8) is 0 Å². The van der Waals surface area contributed by atoms with Crippen molar-refractivity contribution in [2.24, 2.45) is 0 Å². The lowest BCUT2D eigenvalue weighted by Crippen LogP contribution is -2.29. The second-order valence-electron chi connectivity index (χ2n) is 5.50. The highest BCUT2D eigenvalue weighted by molar-refractivity contribution is 5.96. The largest absolute Gasteiger partial charge is 0.312 e. The van der Waals surface area contributed by atoms with E-state index in [1.54, 1.807) is 23.1 Å². The Morgan fingerprint density at radius 2 is 2.09 bits per heavy atom. The summed E-state index contributed by atoms with van der Waals surface area (Å²) in [7, 11) is 0. The van der Waals surface area contributed by atoms with Crippen LogP contribution in [0.2, 0.25) is 0 Å². The SMILES string of the molecule is O=C(CCc1cccc(F)c1)N1CCc2ccc([N+](=O)[O-])cc21. The molecule has 0 radical (unpaired) electrons. The minimum Gasteiger partial charge on any atom is -0.312 e. The molecular formula is C17H15FN2O3. The van der Waals surface area contributed by atoms with E-state index in [2.05, 4.69) is 0 Å². The summed E-state index contributed by atoms with van der Waals surface area (Å²) in [5.41, 5.74) is 2.29. The van der Waals surface area contributed by atoms with Crippen LogP contribution in [0.4, 0.5) is 15.8 Å². The Bertz CT molecular complexity index is 776. The summed E-state index contributed by atoms with van der Waals surface area (Å²) in [6.07, 6.45) is 1.38. The summed E-state index contributed by atoms with van der Waals surface area (Å²) in [6.45, 7) is 0.526. The van der Waals surface area contributed by atoms with Gasteiger partial charge in [-0.1, -0.05) is 18.2 Å². The molecule has 0 saturated heterocycles. The monoisotopic (exact) mass is 314 g/mol. The van der Waals surface area contributed by atoms with Crippen molar-refractivity contribution < 1.29 is 14.1 Å². The molecule has 0 saturated carbocycles. The van der Waals surface area contributed by atoms with Crippen LogP contribution in [-0.4, -0.2) is 17.4 Å². The van der Waals surface area contributed by atoms with Gasteiger partial charge in [-0.05, 0) is 36.1 Å². The van der Waals surface area contributed by atoms with Crippen molar-refractivity contribution in [1.29, 1.82) is 0 Å². The van der Waals surface area contributed by atoms with Crippen LogP contribution in [0.15, 0.2) is 42.5 Å². The lowest BCUT2D eigenvalue weighted by Gasteiger charge is -2.17. The number of non-ortho nitro benzene ring substituents is 1. The third-order valence-electron chi connectivity index (χ3n) is 3.99. The van der Waals surface area contributed by atoms with E-state index < -0.39 is 4.92 Å². The third-order valence-corrected chi connectivity index (χ3v) is 3.99. The molecule has 0 fully saturated rings. The molecule has 0 N–H and O–H groups in total. The third kappa shape index (κ3) is 3.21. The number of rotatable bonds is 4. The Kier molecular flexibility index (Phi) is 4.06. The standard InChI is InChI=1S/C17H15FN2O3/c18-14-3-1-2-12(10-14)4-7-17(21)19-9-8-13-5-6-15(20(22)23)11-16(13)19/h1-3,5-6,10-11H,4,7-9H2. The second-order valence-corrected chi connectivity index (χ2v) is 5.50. The summed E-state index contributed by atoms with van der Waals surface area (Å²) >= 11 is 0. The van der Waals surface area contributed by atoms with Crippen molar-refractivity contribution in [2.75, 3.05) is 11.4 Å². The summed E-state index contributed by atoms with van der Waals surface area (Å²) in [5, 5.41) is 10.9. The highest BCUT2D eigenvalue weighted by atomic mass is 19.1. The van der Waals surface area contributed by atoms with Crippen LogP contribution in [0.25, 0.3) is 0 Å². The molecule has 2 aromatic rings. The van der Waals surface area contributed by atoms with Crippen LogP contribution in [0.1, 0.15) is 17.5 Å². The van der Waals surface area contributed by atoms with Crippen molar-refractivity contribution >= 4 is 17.3 Å². The number of halogens is 1. The molecule has 1 aliphatic heterocycles. The molecular weight excluding hydrogens is 299 g/mol. The average molecular weight is 314 g/mol. The Hall–Kier alpha value is -2.76. The minimum atomic E-state index is -0.464. The number of carbonyl (C=O) groups excluding carboxylic acids is 1. The summed E-state index contributed by atoms with van der Waals surface area (Å²) in [4.78, 5) is 24.4. The van der Waals surface area contributed by atoms with Crippen LogP contribution >= 0.6 is 0 Å². The van der Waals surface area contributed by atoms with Gasteiger partial charge in [0, 0.05) is 25.1 Å². The van der Waals surface area contributed by atoms with Crippen LogP contribution in [0.3, 0.4) is 0 Å². The normalized spacial score (nSPS) is 13.0. The number of fused-ring (bicyclic) bond motifs is 1. The van der Waals surface area contributed by atoms with Gasteiger partial charge in [0.15, 0.2) is 0 Å². The van der Waals surface area contributed by atoms with Gasteiger partial charge >= 0.3 is 0 Å². The molecule has 118 valence electrons. The molecule has 0 bridgehead atoms. The molecule has 0 unspecified atom stereocenters. The van der Waals surface area contributed by atoms with Crippen molar-refractivity contribution in [2.45, 2.75) is 19.3 Å². The van der Waals surface area contributed by atoms with Crippen LogP contribution in [0, 0.1) is 15.9 Å². The van der Waals surface area contributed by atoms with E-state index >= 15 is 0 Å². The molecule has 0 aliphatic carbocycles. The Morgan fingerprint density at radius 3 is 2.83 bits per heavy atom. The van der Waals surface area contributed by atoms with Gasteiger partial charge in [-0.3, -0.25) is 14.9 Å². The number of nitrogens with zero attached hydrogens (tertiary/aromatic N) is 2. The van der Waals surface area contributed by atoms with Gasteiger partial charge < -0.3 is 4.90 Å². The molecule has 3 rings (SSSR count). The van der Waals surface area contributed by atoms with E-state index in [4.69, 9.17) is 0 Å². The Morgan fingerprint density at radius 1 is 1.26 bits per heavy atom. The molecule has 1 aliphatic rings. The van der Waals surface area contributed by atoms with Gasteiger partial charge in [0.2, 0.25) is 5.91 Å². The number of anilines is 1. The zero-order valence-electron chi connectivity index (χ0n) is 12.4. The maximum atomic E-state index is 13.2. The first-order valence-corrected chi connectivity index (χ1v) is 7.37. The molecule has 2 aromatic carbocycles. The van der Waals surface area contributed by atoms with Crippen LogP contribution in [-0.2, 0) is 17.6 Å². The first kappa shape index (κ1) is 15.1. The van der Waals surface area contributed by atoms with Gasteiger partial charge in [0.05, 0.1) is 10.6 Å². The van der Waals surface area contributed by atoms with E-state index in [-0.39, 0.29) is 23.8 Å². The zero-order chi connectivity index (χ0) is 16.4. The predicted molar refractivity (Wildman–Crippen MR) is 83.9 cm³/mol. The predicted octanol–water partition coefficient (Wildman–Crippen LogP) is 3.26. The fourth-order valence-corrected chi connectivity index (χ4v) is 2.82. The summed E-state index contributed by atoms with van der Waals surface area (Å²) in [6, 6.07) is 10.8. The average Bonchev–Trinajstić information content (AvgIpc) is 2.95. The van der Waals surface area contributed by atoms with E-state index in [9.17, 15) is 19.3 Å². The fourth-order valence-electron chi connectivity index (χ4n) is 2.82. The highest BCUT2D eigenvalue weighted by Crippen LogP contribution is 2.32. The summed E-state index contributed by atoms with van der Waals surface area (Å²) < 4.78 is 13.2. The number of amides is 1. The van der Waals surface area contributed by atoms with Gasteiger partial charge in [-0.25, -0.2) is 4.39 Å². The van der Waals surface area contributed by atoms with Crippen LogP contribution < -0.4 is 4.90 Å². The Balaban J connectivity index is 1.72.